The average molecular weight is 212 g/mol. The molecule has 0 aliphatic carbocycles. The molecule has 0 saturated carbocycles. The molecule has 3 unspecified atom stereocenters. The standard InChI is InChI=1S/C13H28N2/c1-10-7-11(2)15(8-10)9-12(14-6)13(3,4)5/h10-12,14H,7-9H2,1-6H3. The van der Waals surface area contributed by atoms with Gasteiger partial charge in [0, 0.05) is 25.2 Å². The SMILES string of the molecule is CNC(CN1CC(C)CC1C)C(C)(C)C. The van der Waals surface area contributed by atoms with Crippen molar-refractivity contribution in [3.63, 3.8) is 0 Å². The molecule has 0 aromatic carbocycles. The molecule has 15 heavy (non-hydrogen) atoms. The molecule has 0 spiro atoms. The van der Waals surface area contributed by atoms with Gasteiger partial charge in [-0.15, -0.1) is 0 Å². The van der Waals surface area contributed by atoms with Gasteiger partial charge >= 0.3 is 0 Å². The van der Waals surface area contributed by atoms with Crippen molar-refractivity contribution < 1.29 is 0 Å². The molecule has 0 aromatic rings. The van der Waals surface area contributed by atoms with Crippen molar-refractivity contribution in [3.8, 4) is 0 Å². The molecule has 0 aromatic heterocycles. The van der Waals surface area contributed by atoms with E-state index in [2.05, 4.69) is 51.9 Å². The summed E-state index contributed by atoms with van der Waals surface area (Å²) in [6.07, 6.45) is 1.36. The zero-order chi connectivity index (χ0) is 11.6. The molecule has 1 N–H and O–H groups in total. The Bertz CT molecular complexity index is 195. The number of nitrogens with one attached hydrogen (secondary N) is 1. The van der Waals surface area contributed by atoms with E-state index in [1.807, 2.05) is 0 Å². The number of likely N-dealkylation sites (N-methyl/N-ethyl adjacent to an activating group) is 1. The fraction of sp³-hybridized carbons (Fsp3) is 1.00. The molecule has 1 rings (SSSR count). The lowest BCUT2D eigenvalue weighted by atomic mass is 9.86. The second kappa shape index (κ2) is 4.84. The van der Waals surface area contributed by atoms with Gasteiger partial charge in [0.2, 0.25) is 0 Å². The van der Waals surface area contributed by atoms with Crippen LogP contribution in [0.2, 0.25) is 0 Å². The van der Waals surface area contributed by atoms with Crippen LogP contribution in [-0.4, -0.2) is 37.1 Å². The summed E-state index contributed by atoms with van der Waals surface area (Å²) < 4.78 is 0. The second-order valence-corrected chi connectivity index (χ2v) is 6.35. The van der Waals surface area contributed by atoms with E-state index < -0.39 is 0 Å². The van der Waals surface area contributed by atoms with Gasteiger partial charge in [-0.25, -0.2) is 0 Å². The smallest absolute Gasteiger partial charge is 0.0240 e. The van der Waals surface area contributed by atoms with Crippen molar-refractivity contribution in [1.29, 1.82) is 0 Å². The molecule has 2 nitrogen and oxygen atoms in total. The minimum atomic E-state index is 0.348. The Hall–Kier alpha value is -0.0800. The van der Waals surface area contributed by atoms with E-state index in [9.17, 15) is 0 Å². The zero-order valence-corrected chi connectivity index (χ0v) is 11.3. The van der Waals surface area contributed by atoms with Crippen LogP contribution in [0, 0.1) is 11.3 Å². The van der Waals surface area contributed by atoms with Crippen molar-refractivity contribution >= 4 is 0 Å². The topological polar surface area (TPSA) is 15.3 Å². The van der Waals surface area contributed by atoms with E-state index in [1.165, 1.54) is 19.5 Å². The van der Waals surface area contributed by atoms with Crippen LogP contribution in [0.25, 0.3) is 0 Å². The molecule has 0 radical (unpaired) electrons. The fourth-order valence-electron chi connectivity index (χ4n) is 2.67. The first-order valence-corrected chi connectivity index (χ1v) is 6.26. The number of rotatable bonds is 3. The Morgan fingerprint density at radius 2 is 1.93 bits per heavy atom. The molecule has 1 heterocycles. The van der Waals surface area contributed by atoms with Gasteiger partial charge in [0.15, 0.2) is 0 Å². The van der Waals surface area contributed by atoms with Gasteiger partial charge in [-0.3, -0.25) is 4.90 Å². The lowest BCUT2D eigenvalue weighted by molar-refractivity contribution is 0.173. The van der Waals surface area contributed by atoms with Crippen molar-refractivity contribution in [2.24, 2.45) is 11.3 Å². The second-order valence-electron chi connectivity index (χ2n) is 6.35. The van der Waals surface area contributed by atoms with E-state index >= 15 is 0 Å². The highest BCUT2D eigenvalue weighted by Crippen LogP contribution is 2.26. The summed E-state index contributed by atoms with van der Waals surface area (Å²) in [4.78, 5) is 2.64. The average Bonchev–Trinajstić information content (AvgIpc) is 2.38. The normalized spacial score (nSPS) is 30.8. The summed E-state index contributed by atoms with van der Waals surface area (Å²) >= 11 is 0. The Morgan fingerprint density at radius 1 is 1.33 bits per heavy atom. The Morgan fingerprint density at radius 3 is 2.27 bits per heavy atom. The van der Waals surface area contributed by atoms with Crippen molar-refractivity contribution in [2.75, 3.05) is 20.1 Å². The van der Waals surface area contributed by atoms with Crippen LogP contribution in [0.15, 0.2) is 0 Å². The van der Waals surface area contributed by atoms with Gasteiger partial charge in [0.1, 0.15) is 0 Å². The monoisotopic (exact) mass is 212 g/mol. The van der Waals surface area contributed by atoms with Crippen LogP contribution in [-0.2, 0) is 0 Å². The van der Waals surface area contributed by atoms with Crippen LogP contribution in [0.5, 0.6) is 0 Å². The number of hydrogen-bond acceptors (Lipinski definition) is 2. The molecule has 1 aliphatic rings. The quantitative estimate of drug-likeness (QED) is 0.772. The third-order valence-electron chi connectivity index (χ3n) is 3.72. The van der Waals surface area contributed by atoms with Crippen LogP contribution in [0.1, 0.15) is 41.0 Å². The predicted molar refractivity (Wildman–Crippen MR) is 67.1 cm³/mol. The van der Waals surface area contributed by atoms with E-state index in [4.69, 9.17) is 0 Å². The van der Waals surface area contributed by atoms with Crippen molar-refractivity contribution in [3.05, 3.63) is 0 Å². The fourth-order valence-corrected chi connectivity index (χ4v) is 2.67. The molecule has 1 saturated heterocycles. The Labute approximate surface area is 95.4 Å². The third-order valence-corrected chi connectivity index (χ3v) is 3.72. The summed E-state index contributed by atoms with van der Waals surface area (Å²) in [7, 11) is 2.08. The number of nitrogens with zero attached hydrogens (tertiary/aromatic N) is 1. The first kappa shape index (κ1) is 13.0. The highest BCUT2D eigenvalue weighted by molar-refractivity contribution is 4.87. The molecule has 90 valence electrons. The summed E-state index contributed by atoms with van der Waals surface area (Å²) in [6.45, 7) is 14.1. The first-order valence-electron chi connectivity index (χ1n) is 6.26. The minimum absolute atomic E-state index is 0.348. The van der Waals surface area contributed by atoms with Crippen LogP contribution >= 0.6 is 0 Å². The van der Waals surface area contributed by atoms with Crippen LogP contribution in [0.3, 0.4) is 0 Å². The summed E-state index contributed by atoms with van der Waals surface area (Å²) in [6, 6.07) is 1.35. The van der Waals surface area contributed by atoms with Gasteiger partial charge in [-0.1, -0.05) is 27.7 Å². The Kier molecular flexibility index (Phi) is 4.19. The van der Waals surface area contributed by atoms with Gasteiger partial charge in [0.25, 0.3) is 0 Å². The maximum atomic E-state index is 3.46. The van der Waals surface area contributed by atoms with E-state index in [0.29, 0.717) is 11.5 Å². The van der Waals surface area contributed by atoms with Crippen LogP contribution < -0.4 is 5.32 Å². The van der Waals surface area contributed by atoms with Crippen LogP contribution in [0.4, 0.5) is 0 Å². The molecule has 0 bridgehead atoms. The highest BCUT2D eigenvalue weighted by atomic mass is 15.2. The summed E-state index contributed by atoms with van der Waals surface area (Å²) in [5.74, 6) is 0.873. The van der Waals surface area contributed by atoms with Crippen molar-refractivity contribution in [2.45, 2.75) is 53.1 Å². The number of hydrogen-bond donors (Lipinski definition) is 1. The number of likely N-dealkylation sites (tertiary alicyclic amines) is 1. The molecule has 2 heteroatoms. The molecule has 3 atom stereocenters. The lowest BCUT2D eigenvalue weighted by Gasteiger charge is -2.35. The minimum Gasteiger partial charge on any atom is -0.315 e. The maximum absolute atomic E-state index is 3.46. The highest BCUT2D eigenvalue weighted by Gasteiger charge is 2.31. The van der Waals surface area contributed by atoms with Crippen molar-refractivity contribution in [1.82, 2.24) is 10.2 Å². The molecule has 1 fully saturated rings. The zero-order valence-electron chi connectivity index (χ0n) is 11.3. The van der Waals surface area contributed by atoms with Gasteiger partial charge in [0.05, 0.1) is 0 Å². The largest absolute Gasteiger partial charge is 0.315 e. The van der Waals surface area contributed by atoms with Gasteiger partial charge in [-0.2, -0.15) is 0 Å². The maximum Gasteiger partial charge on any atom is 0.0240 e. The molecule has 0 amide bonds. The molecular weight excluding hydrogens is 184 g/mol. The summed E-state index contributed by atoms with van der Waals surface area (Å²) in [5, 5.41) is 3.46. The third kappa shape index (κ3) is 3.46. The molecule has 1 aliphatic heterocycles. The lowest BCUT2D eigenvalue weighted by Crippen LogP contribution is -2.48. The molecular formula is C13H28N2. The van der Waals surface area contributed by atoms with E-state index in [1.54, 1.807) is 0 Å². The Balaban J connectivity index is 2.52. The van der Waals surface area contributed by atoms with Gasteiger partial charge in [-0.05, 0) is 31.7 Å². The van der Waals surface area contributed by atoms with E-state index in [-0.39, 0.29) is 0 Å². The van der Waals surface area contributed by atoms with E-state index in [0.717, 1.165) is 12.0 Å². The predicted octanol–water partition coefficient (Wildman–Crippen LogP) is 2.35. The first-order chi connectivity index (χ1) is 6.84. The van der Waals surface area contributed by atoms with Gasteiger partial charge < -0.3 is 5.32 Å². The summed E-state index contributed by atoms with van der Waals surface area (Å²) in [5.41, 5.74) is 0.348.